The largest absolute Gasteiger partial charge is 0.508 e. The average Bonchev–Trinajstić information content (AvgIpc) is 2.41. The van der Waals surface area contributed by atoms with Crippen molar-refractivity contribution < 1.29 is 9.90 Å². The van der Waals surface area contributed by atoms with E-state index in [4.69, 9.17) is 23.2 Å². The lowest BCUT2D eigenvalue weighted by Crippen LogP contribution is -2.14. The van der Waals surface area contributed by atoms with Gasteiger partial charge in [0.25, 0.3) is 5.91 Å². The number of amides is 1. The summed E-state index contributed by atoms with van der Waals surface area (Å²) in [6.07, 6.45) is 0. The number of phenols is 1. The Morgan fingerprint density at radius 2 is 1.95 bits per heavy atom. The number of carbonyl (C=O) groups is 1. The minimum absolute atomic E-state index is 0.0152. The van der Waals surface area contributed by atoms with Gasteiger partial charge < -0.3 is 10.4 Å². The molecule has 5 heteroatoms. The molecule has 0 saturated heterocycles. The molecule has 0 aliphatic carbocycles. The molecular weight excluding hydrogens is 297 g/mol. The first-order valence-corrected chi connectivity index (χ1v) is 6.83. The molecule has 104 valence electrons. The standard InChI is InChI=1S/C15H13Cl2NO2/c1-9(16)11-4-2-3-5-14(11)18-15(20)12-8-10(19)6-7-13(12)17/h2-9,19H,1H3,(H,18,20). The fourth-order valence-corrected chi connectivity index (χ4v) is 2.23. The molecule has 2 aromatic rings. The lowest BCUT2D eigenvalue weighted by atomic mass is 10.1. The summed E-state index contributed by atoms with van der Waals surface area (Å²) in [5, 5.41) is 12.2. The zero-order valence-electron chi connectivity index (χ0n) is 10.7. The van der Waals surface area contributed by atoms with Gasteiger partial charge in [0.1, 0.15) is 5.75 Å². The Labute approximate surface area is 127 Å². The van der Waals surface area contributed by atoms with Crippen LogP contribution in [-0.2, 0) is 0 Å². The number of nitrogens with one attached hydrogen (secondary N) is 1. The fourth-order valence-electron chi connectivity index (χ4n) is 1.83. The van der Waals surface area contributed by atoms with Crippen molar-refractivity contribution in [2.45, 2.75) is 12.3 Å². The second-order valence-corrected chi connectivity index (χ2v) is 5.38. The van der Waals surface area contributed by atoms with Crippen LogP contribution in [0.25, 0.3) is 0 Å². The maximum Gasteiger partial charge on any atom is 0.257 e. The van der Waals surface area contributed by atoms with Gasteiger partial charge in [0.15, 0.2) is 0 Å². The zero-order chi connectivity index (χ0) is 14.7. The highest BCUT2D eigenvalue weighted by atomic mass is 35.5. The van der Waals surface area contributed by atoms with Crippen LogP contribution >= 0.6 is 23.2 Å². The monoisotopic (exact) mass is 309 g/mol. The van der Waals surface area contributed by atoms with E-state index in [2.05, 4.69) is 5.32 Å². The summed E-state index contributed by atoms with van der Waals surface area (Å²) in [4.78, 5) is 12.2. The van der Waals surface area contributed by atoms with Crippen LogP contribution in [0.4, 0.5) is 5.69 Å². The fraction of sp³-hybridized carbons (Fsp3) is 0.133. The first-order valence-electron chi connectivity index (χ1n) is 6.02. The molecule has 0 bridgehead atoms. The molecule has 0 saturated carbocycles. The third-order valence-electron chi connectivity index (χ3n) is 2.83. The molecule has 0 aliphatic rings. The number of benzene rings is 2. The van der Waals surface area contributed by atoms with Crippen molar-refractivity contribution >= 4 is 34.8 Å². The van der Waals surface area contributed by atoms with E-state index in [1.807, 2.05) is 25.1 Å². The van der Waals surface area contributed by atoms with E-state index in [0.29, 0.717) is 5.69 Å². The predicted molar refractivity (Wildman–Crippen MR) is 81.8 cm³/mol. The van der Waals surface area contributed by atoms with Crippen molar-refractivity contribution in [1.82, 2.24) is 0 Å². The van der Waals surface area contributed by atoms with E-state index < -0.39 is 5.91 Å². The quantitative estimate of drug-likeness (QED) is 0.814. The molecule has 1 unspecified atom stereocenters. The summed E-state index contributed by atoms with van der Waals surface area (Å²) in [5.41, 5.74) is 1.65. The number of halogens is 2. The molecule has 0 spiro atoms. The van der Waals surface area contributed by atoms with Crippen LogP contribution < -0.4 is 5.32 Å². The zero-order valence-corrected chi connectivity index (χ0v) is 12.2. The maximum absolute atomic E-state index is 12.2. The smallest absolute Gasteiger partial charge is 0.257 e. The second-order valence-electron chi connectivity index (χ2n) is 4.32. The number of para-hydroxylation sites is 1. The van der Waals surface area contributed by atoms with Gasteiger partial charge in [0.05, 0.1) is 16.0 Å². The van der Waals surface area contributed by atoms with Crippen LogP contribution in [0.2, 0.25) is 5.02 Å². The summed E-state index contributed by atoms with van der Waals surface area (Å²) in [6, 6.07) is 11.5. The number of hydrogen-bond acceptors (Lipinski definition) is 2. The van der Waals surface area contributed by atoms with Gasteiger partial charge in [-0.05, 0) is 36.8 Å². The molecule has 1 atom stereocenters. The number of alkyl halides is 1. The molecule has 0 radical (unpaired) electrons. The van der Waals surface area contributed by atoms with Gasteiger partial charge in [-0.25, -0.2) is 0 Å². The van der Waals surface area contributed by atoms with E-state index in [9.17, 15) is 9.90 Å². The van der Waals surface area contributed by atoms with Crippen LogP contribution in [0.3, 0.4) is 0 Å². The third-order valence-corrected chi connectivity index (χ3v) is 3.40. The Hall–Kier alpha value is -1.71. The molecule has 2 aromatic carbocycles. The Bertz CT molecular complexity index is 642. The normalized spacial score (nSPS) is 11.9. The van der Waals surface area contributed by atoms with E-state index in [-0.39, 0.29) is 21.7 Å². The topological polar surface area (TPSA) is 49.3 Å². The lowest BCUT2D eigenvalue weighted by Gasteiger charge is -2.13. The molecule has 0 aromatic heterocycles. The highest BCUT2D eigenvalue weighted by Gasteiger charge is 2.14. The van der Waals surface area contributed by atoms with E-state index >= 15 is 0 Å². The van der Waals surface area contributed by atoms with Crippen molar-refractivity contribution in [3.63, 3.8) is 0 Å². The highest BCUT2D eigenvalue weighted by Crippen LogP contribution is 2.28. The maximum atomic E-state index is 12.2. The Balaban J connectivity index is 2.31. The number of anilines is 1. The number of carbonyl (C=O) groups excluding carboxylic acids is 1. The van der Waals surface area contributed by atoms with Crippen LogP contribution in [0.5, 0.6) is 5.75 Å². The molecule has 2 N–H and O–H groups in total. The Morgan fingerprint density at radius 3 is 2.65 bits per heavy atom. The van der Waals surface area contributed by atoms with E-state index in [0.717, 1.165) is 5.56 Å². The first-order chi connectivity index (χ1) is 9.49. The van der Waals surface area contributed by atoms with Gasteiger partial charge in [-0.3, -0.25) is 4.79 Å². The molecule has 3 nitrogen and oxygen atoms in total. The number of hydrogen-bond donors (Lipinski definition) is 2. The second kappa shape index (κ2) is 6.16. The van der Waals surface area contributed by atoms with Crippen molar-refractivity contribution in [2.75, 3.05) is 5.32 Å². The third kappa shape index (κ3) is 3.24. The van der Waals surface area contributed by atoms with E-state index in [1.54, 1.807) is 6.07 Å². The van der Waals surface area contributed by atoms with Crippen LogP contribution in [0.1, 0.15) is 28.2 Å². The van der Waals surface area contributed by atoms with Gasteiger partial charge in [-0.15, -0.1) is 11.6 Å². The van der Waals surface area contributed by atoms with E-state index in [1.165, 1.54) is 18.2 Å². The summed E-state index contributed by atoms with van der Waals surface area (Å²) < 4.78 is 0. The molecular formula is C15H13Cl2NO2. The lowest BCUT2D eigenvalue weighted by molar-refractivity contribution is 0.102. The van der Waals surface area contributed by atoms with Crippen LogP contribution in [0, 0.1) is 0 Å². The Kier molecular flexibility index (Phi) is 4.53. The molecule has 20 heavy (non-hydrogen) atoms. The number of phenolic OH excluding ortho intramolecular Hbond substituents is 1. The molecule has 0 aliphatic heterocycles. The minimum Gasteiger partial charge on any atom is -0.508 e. The minimum atomic E-state index is -0.393. The summed E-state index contributed by atoms with van der Waals surface area (Å²) in [6.45, 7) is 1.83. The highest BCUT2D eigenvalue weighted by molar-refractivity contribution is 6.34. The van der Waals surface area contributed by atoms with Crippen LogP contribution in [-0.4, -0.2) is 11.0 Å². The SMILES string of the molecule is CC(Cl)c1ccccc1NC(=O)c1cc(O)ccc1Cl. The van der Waals surface area contributed by atoms with Crippen LogP contribution in [0.15, 0.2) is 42.5 Å². The van der Waals surface area contributed by atoms with Gasteiger partial charge in [-0.1, -0.05) is 29.8 Å². The molecule has 0 heterocycles. The van der Waals surface area contributed by atoms with Crippen molar-refractivity contribution in [2.24, 2.45) is 0 Å². The van der Waals surface area contributed by atoms with Crippen molar-refractivity contribution in [3.05, 3.63) is 58.6 Å². The summed E-state index contributed by atoms with van der Waals surface area (Å²) >= 11 is 12.0. The van der Waals surface area contributed by atoms with Crippen molar-refractivity contribution in [3.8, 4) is 5.75 Å². The van der Waals surface area contributed by atoms with Gasteiger partial charge in [-0.2, -0.15) is 0 Å². The predicted octanol–water partition coefficient (Wildman–Crippen LogP) is 4.60. The number of aromatic hydroxyl groups is 1. The Morgan fingerprint density at radius 1 is 1.25 bits per heavy atom. The van der Waals surface area contributed by atoms with Gasteiger partial charge in [0, 0.05) is 5.69 Å². The summed E-state index contributed by atoms with van der Waals surface area (Å²) in [5.74, 6) is -0.408. The molecule has 0 fully saturated rings. The first kappa shape index (κ1) is 14.7. The molecule has 1 amide bonds. The number of rotatable bonds is 3. The van der Waals surface area contributed by atoms with Gasteiger partial charge in [0.2, 0.25) is 0 Å². The van der Waals surface area contributed by atoms with Crippen molar-refractivity contribution in [1.29, 1.82) is 0 Å². The molecule has 2 rings (SSSR count). The summed E-state index contributed by atoms with van der Waals surface area (Å²) in [7, 11) is 0. The van der Waals surface area contributed by atoms with Gasteiger partial charge >= 0.3 is 0 Å². The average molecular weight is 310 g/mol.